The predicted molar refractivity (Wildman–Crippen MR) is 83.7 cm³/mol. The van der Waals surface area contributed by atoms with Gasteiger partial charge in [-0.05, 0) is 50.5 Å². The fourth-order valence-electron chi connectivity index (χ4n) is 3.13. The summed E-state index contributed by atoms with van der Waals surface area (Å²) >= 11 is 0. The van der Waals surface area contributed by atoms with Gasteiger partial charge in [-0.15, -0.1) is 0 Å². The molecule has 3 rings (SSSR count). The maximum Gasteiger partial charge on any atom is 0.411 e. The molecule has 1 saturated heterocycles. The number of rotatable bonds is 4. The summed E-state index contributed by atoms with van der Waals surface area (Å²) < 4.78 is 4.57. The van der Waals surface area contributed by atoms with Gasteiger partial charge < -0.3 is 10.1 Å². The molecule has 2 N–H and O–H groups in total. The van der Waals surface area contributed by atoms with Crippen LogP contribution in [-0.4, -0.2) is 42.8 Å². The second-order valence-corrected chi connectivity index (χ2v) is 6.05. The smallest absolute Gasteiger partial charge is 0.411 e. The number of hydrogen-bond acceptors (Lipinski definition) is 4. The van der Waals surface area contributed by atoms with Gasteiger partial charge in [0.05, 0.1) is 7.11 Å². The minimum atomic E-state index is -0.444. The van der Waals surface area contributed by atoms with E-state index in [0.29, 0.717) is 12.1 Å². The normalized spacial score (nSPS) is 25.6. The van der Waals surface area contributed by atoms with Crippen molar-refractivity contribution in [3.63, 3.8) is 0 Å². The fourth-order valence-corrected chi connectivity index (χ4v) is 3.13. The third-order valence-corrected chi connectivity index (χ3v) is 4.33. The molecule has 2 unspecified atom stereocenters. The predicted octanol–water partition coefficient (Wildman–Crippen LogP) is 2.90. The summed E-state index contributed by atoms with van der Waals surface area (Å²) in [6, 6.07) is 9.78. The van der Waals surface area contributed by atoms with Gasteiger partial charge in [0.1, 0.15) is 0 Å². The van der Waals surface area contributed by atoms with Gasteiger partial charge in [0.15, 0.2) is 0 Å². The van der Waals surface area contributed by atoms with Crippen LogP contribution in [0.15, 0.2) is 24.3 Å². The summed E-state index contributed by atoms with van der Waals surface area (Å²) in [5.41, 5.74) is 1.84. The van der Waals surface area contributed by atoms with E-state index >= 15 is 0 Å². The first-order valence-corrected chi connectivity index (χ1v) is 7.63. The molecule has 114 valence electrons. The molecule has 21 heavy (non-hydrogen) atoms. The molecule has 1 amide bonds. The number of nitrogens with zero attached hydrogens (tertiary/aromatic N) is 1. The quantitative estimate of drug-likeness (QED) is 0.895. The van der Waals surface area contributed by atoms with Crippen LogP contribution >= 0.6 is 0 Å². The van der Waals surface area contributed by atoms with Crippen molar-refractivity contribution in [1.82, 2.24) is 4.90 Å². The number of carbonyl (C=O) groups is 1. The van der Waals surface area contributed by atoms with E-state index in [9.17, 15) is 4.79 Å². The average molecular weight is 289 g/mol. The number of amides is 1. The molecule has 1 aliphatic carbocycles. The van der Waals surface area contributed by atoms with Gasteiger partial charge in [-0.3, -0.25) is 10.2 Å². The van der Waals surface area contributed by atoms with Gasteiger partial charge in [0, 0.05) is 36.0 Å². The third-order valence-electron chi connectivity index (χ3n) is 4.33. The summed E-state index contributed by atoms with van der Waals surface area (Å²) in [5.74, 6) is 0. The Balaban J connectivity index is 1.54. The zero-order chi connectivity index (χ0) is 14.8. The number of anilines is 2. The number of likely N-dealkylation sites (tertiary alicyclic amines) is 1. The van der Waals surface area contributed by atoms with E-state index < -0.39 is 6.09 Å². The summed E-state index contributed by atoms with van der Waals surface area (Å²) in [6.07, 6.45) is 3.48. The first kappa shape index (κ1) is 14.2. The maximum absolute atomic E-state index is 11.1. The van der Waals surface area contributed by atoms with Gasteiger partial charge in [0.2, 0.25) is 0 Å². The van der Waals surface area contributed by atoms with Crippen LogP contribution < -0.4 is 10.6 Å². The summed E-state index contributed by atoms with van der Waals surface area (Å²) in [7, 11) is 1.36. The van der Waals surface area contributed by atoms with Crippen LogP contribution in [0.4, 0.5) is 16.2 Å². The number of nitrogens with one attached hydrogen (secondary N) is 2. The zero-order valence-electron chi connectivity index (χ0n) is 12.6. The van der Waals surface area contributed by atoms with E-state index in [-0.39, 0.29) is 0 Å². The Morgan fingerprint density at radius 1 is 1.24 bits per heavy atom. The van der Waals surface area contributed by atoms with Crippen molar-refractivity contribution in [2.45, 2.75) is 44.3 Å². The van der Waals surface area contributed by atoms with Crippen molar-refractivity contribution in [2.75, 3.05) is 24.3 Å². The van der Waals surface area contributed by atoms with E-state index in [1.807, 2.05) is 24.3 Å². The van der Waals surface area contributed by atoms with E-state index in [0.717, 1.165) is 24.0 Å². The minimum absolute atomic E-state index is 0.444. The molecule has 1 saturated carbocycles. The van der Waals surface area contributed by atoms with E-state index in [2.05, 4.69) is 27.2 Å². The van der Waals surface area contributed by atoms with Crippen LogP contribution in [0.2, 0.25) is 0 Å². The van der Waals surface area contributed by atoms with E-state index in [1.54, 1.807) is 0 Å². The van der Waals surface area contributed by atoms with Crippen molar-refractivity contribution in [3.05, 3.63) is 24.3 Å². The fraction of sp³-hybridized carbons (Fsp3) is 0.562. The largest absolute Gasteiger partial charge is 0.453 e. The van der Waals surface area contributed by atoms with Crippen LogP contribution in [0.1, 0.15) is 26.2 Å². The molecule has 2 atom stereocenters. The second-order valence-electron chi connectivity index (χ2n) is 6.05. The van der Waals surface area contributed by atoms with Crippen molar-refractivity contribution in [2.24, 2.45) is 0 Å². The molecular formula is C16H23N3O2. The molecular weight excluding hydrogens is 266 g/mol. The Kier molecular flexibility index (Phi) is 4.01. The van der Waals surface area contributed by atoms with Crippen LogP contribution in [0.5, 0.6) is 0 Å². The molecule has 5 heteroatoms. The highest BCUT2D eigenvalue weighted by Crippen LogP contribution is 2.34. The molecule has 1 aromatic carbocycles. The van der Waals surface area contributed by atoms with Crippen LogP contribution in [-0.2, 0) is 4.74 Å². The molecule has 2 fully saturated rings. The minimum Gasteiger partial charge on any atom is -0.453 e. The number of methoxy groups -OCH3 is 1. The first-order valence-electron chi connectivity index (χ1n) is 7.63. The zero-order valence-corrected chi connectivity index (χ0v) is 12.6. The highest BCUT2D eigenvalue weighted by molar-refractivity contribution is 5.84. The molecule has 0 aromatic heterocycles. The Bertz CT molecular complexity index is 499. The molecule has 0 radical (unpaired) electrons. The lowest BCUT2D eigenvalue weighted by Gasteiger charge is -2.20. The number of ether oxygens (including phenoxy) is 1. The highest BCUT2D eigenvalue weighted by Gasteiger charge is 2.38. The van der Waals surface area contributed by atoms with Gasteiger partial charge in [-0.25, -0.2) is 4.79 Å². The molecule has 2 aliphatic rings. The number of benzene rings is 1. The van der Waals surface area contributed by atoms with Gasteiger partial charge in [-0.2, -0.15) is 0 Å². The van der Waals surface area contributed by atoms with Crippen molar-refractivity contribution in [3.8, 4) is 0 Å². The Morgan fingerprint density at radius 3 is 2.52 bits per heavy atom. The highest BCUT2D eigenvalue weighted by atomic mass is 16.5. The topological polar surface area (TPSA) is 53.6 Å². The lowest BCUT2D eigenvalue weighted by molar-refractivity contribution is 0.187. The van der Waals surface area contributed by atoms with Gasteiger partial charge >= 0.3 is 6.09 Å². The van der Waals surface area contributed by atoms with E-state index in [4.69, 9.17) is 0 Å². The standard InChI is InChI=1S/C16H23N3O2/c1-11-9-14(10-19(11)15-7-8-15)17-12-3-5-13(6-4-12)18-16(20)21-2/h3-6,11,14-15,17H,7-10H2,1-2H3,(H,18,20). The number of hydrogen-bond donors (Lipinski definition) is 2. The summed E-state index contributed by atoms with van der Waals surface area (Å²) in [6.45, 7) is 3.46. The molecule has 0 bridgehead atoms. The lowest BCUT2D eigenvalue weighted by atomic mass is 10.2. The average Bonchev–Trinajstić information content (AvgIpc) is 3.25. The molecule has 5 nitrogen and oxygen atoms in total. The summed E-state index contributed by atoms with van der Waals surface area (Å²) in [5, 5.41) is 6.25. The Labute approximate surface area is 125 Å². The van der Waals surface area contributed by atoms with Gasteiger partial charge in [-0.1, -0.05) is 0 Å². The van der Waals surface area contributed by atoms with Crippen LogP contribution in [0.25, 0.3) is 0 Å². The SMILES string of the molecule is COC(=O)Nc1ccc(NC2CC(C)N(C3CC3)C2)cc1. The van der Waals surface area contributed by atoms with Crippen molar-refractivity contribution >= 4 is 17.5 Å². The molecule has 0 spiro atoms. The number of carbonyl (C=O) groups excluding carboxylic acids is 1. The maximum atomic E-state index is 11.1. The Morgan fingerprint density at radius 2 is 1.90 bits per heavy atom. The monoisotopic (exact) mass is 289 g/mol. The first-order chi connectivity index (χ1) is 10.2. The van der Waals surface area contributed by atoms with Crippen molar-refractivity contribution in [1.29, 1.82) is 0 Å². The summed E-state index contributed by atoms with van der Waals surface area (Å²) in [4.78, 5) is 13.8. The molecule has 1 aliphatic heterocycles. The van der Waals surface area contributed by atoms with Crippen molar-refractivity contribution < 1.29 is 9.53 Å². The molecule has 1 aromatic rings. The van der Waals surface area contributed by atoms with E-state index in [1.165, 1.54) is 26.4 Å². The lowest BCUT2D eigenvalue weighted by Crippen LogP contribution is -2.30. The van der Waals surface area contributed by atoms with Gasteiger partial charge in [0.25, 0.3) is 0 Å². The molecule has 1 heterocycles. The second kappa shape index (κ2) is 5.93. The van der Waals surface area contributed by atoms with Crippen LogP contribution in [0, 0.1) is 0 Å². The van der Waals surface area contributed by atoms with Crippen LogP contribution in [0.3, 0.4) is 0 Å². The Hall–Kier alpha value is -1.75. The third kappa shape index (κ3) is 3.47.